The molecule has 0 radical (unpaired) electrons. The molecule has 0 spiro atoms. The van der Waals surface area contributed by atoms with Crippen LogP contribution in [-0.2, 0) is 19.1 Å². The third-order valence-electron chi connectivity index (χ3n) is 2.54. The normalized spacial score (nSPS) is 18.4. The van der Waals surface area contributed by atoms with E-state index in [0.717, 1.165) is 0 Å². The first-order valence-corrected chi connectivity index (χ1v) is 6.02. The number of esters is 1. The van der Waals surface area contributed by atoms with Crippen molar-refractivity contribution in [3.63, 3.8) is 0 Å². The highest BCUT2D eigenvalue weighted by Crippen LogP contribution is 2.18. The quantitative estimate of drug-likeness (QED) is 0.314. The maximum Gasteiger partial charge on any atom is 0.333 e. The molecule has 1 heterocycles. The number of hydrogen-bond donors (Lipinski definition) is 1. The average Bonchev–Trinajstić information content (AvgIpc) is 3.16. The van der Waals surface area contributed by atoms with Crippen molar-refractivity contribution in [1.29, 1.82) is 0 Å². The van der Waals surface area contributed by atoms with Gasteiger partial charge in [-0.3, -0.25) is 0 Å². The largest absolute Gasteiger partial charge is 0.478 e. The SMILES string of the molecule is C=C(CC1CO1)C(=O)OCC=CCC=C(C)C(=O)O. The summed E-state index contributed by atoms with van der Waals surface area (Å²) in [5.74, 6) is -1.35. The third kappa shape index (κ3) is 6.57. The molecule has 5 nitrogen and oxygen atoms in total. The van der Waals surface area contributed by atoms with Crippen molar-refractivity contribution >= 4 is 11.9 Å². The van der Waals surface area contributed by atoms with Crippen LogP contribution in [0.25, 0.3) is 0 Å². The van der Waals surface area contributed by atoms with E-state index < -0.39 is 11.9 Å². The first kappa shape index (κ1) is 15.2. The Balaban J connectivity index is 2.15. The first-order valence-electron chi connectivity index (χ1n) is 6.02. The van der Waals surface area contributed by atoms with Crippen molar-refractivity contribution < 1.29 is 24.2 Å². The summed E-state index contributed by atoms with van der Waals surface area (Å²) >= 11 is 0. The molecule has 19 heavy (non-hydrogen) atoms. The summed E-state index contributed by atoms with van der Waals surface area (Å²) in [6.07, 6.45) is 6.14. The van der Waals surface area contributed by atoms with Crippen LogP contribution in [0.1, 0.15) is 19.8 Å². The Morgan fingerprint density at radius 2 is 2.16 bits per heavy atom. The van der Waals surface area contributed by atoms with Crippen molar-refractivity contribution in [3.05, 3.63) is 36.0 Å². The molecular weight excluding hydrogens is 248 g/mol. The fraction of sp³-hybridized carbons (Fsp3) is 0.429. The van der Waals surface area contributed by atoms with Gasteiger partial charge in [0.15, 0.2) is 0 Å². The molecule has 0 aliphatic carbocycles. The van der Waals surface area contributed by atoms with Crippen LogP contribution in [0.3, 0.4) is 0 Å². The van der Waals surface area contributed by atoms with Gasteiger partial charge in [0.2, 0.25) is 0 Å². The topological polar surface area (TPSA) is 76.1 Å². The van der Waals surface area contributed by atoms with Crippen molar-refractivity contribution in [2.75, 3.05) is 13.2 Å². The zero-order chi connectivity index (χ0) is 14.3. The zero-order valence-electron chi connectivity index (χ0n) is 10.9. The van der Waals surface area contributed by atoms with Crippen LogP contribution in [-0.4, -0.2) is 36.4 Å². The maximum atomic E-state index is 11.4. The van der Waals surface area contributed by atoms with Gasteiger partial charge in [-0.2, -0.15) is 0 Å². The molecule has 5 heteroatoms. The fourth-order valence-corrected chi connectivity index (χ4v) is 1.27. The summed E-state index contributed by atoms with van der Waals surface area (Å²) < 4.78 is 9.96. The summed E-state index contributed by atoms with van der Waals surface area (Å²) in [5.41, 5.74) is 0.706. The minimum absolute atomic E-state index is 0.125. The van der Waals surface area contributed by atoms with Crippen molar-refractivity contribution in [2.45, 2.75) is 25.9 Å². The Labute approximate surface area is 112 Å². The number of aliphatic carboxylic acids is 1. The molecule has 1 aliphatic heterocycles. The summed E-state index contributed by atoms with van der Waals surface area (Å²) in [5, 5.41) is 8.61. The molecule has 1 N–H and O–H groups in total. The molecule has 0 saturated carbocycles. The number of carbonyl (C=O) groups is 2. The molecule has 0 bridgehead atoms. The number of epoxide rings is 1. The number of rotatable bonds is 8. The number of hydrogen-bond acceptors (Lipinski definition) is 4. The van der Waals surface area contributed by atoms with Crippen LogP contribution >= 0.6 is 0 Å². The van der Waals surface area contributed by atoms with Gasteiger partial charge in [0.1, 0.15) is 6.61 Å². The molecule has 0 amide bonds. The van der Waals surface area contributed by atoms with Gasteiger partial charge in [-0.1, -0.05) is 24.8 Å². The number of ether oxygens (including phenoxy) is 2. The minimum Gasteiger partial charge on any atom is -0.478 e. The van der Waals surface area contributed by atoms with Crippen LogP contribution in [0.4, 0.5) is 0 Å². The molecule has 1 rings (SSSR count). The smallest absolute Gasteiger partial charge is 0.333 e. The number of carboxylic acid groups (broad SMARTS) is 1. The van der Waals surface area contributed by atoms with Crippen LogP contribution in [0, 0.1) is 0 Å². The van der Waals surface area contributed by atoms with Gasteiger partial charge < -0.3 is 14.6 Å². The van der Waals surface area contributed by atoms with E-state index in [1.54, 1.807) is 18.2 Å². The molecule has 104 valence electrons. The van der Waals surface area contributed by atoms with E-state index in [0.29, 0.717) is 30.6 Å². The van der Waals surface area contributed by atoms with Crippen LogP contribution < -0.4 is 0 Å². The lowest BCUT2D eigenvalue weighted by atomic mass is 10.2. The molecule has 1 saturated heterocycles. The van der Waals surface area contributed by atoms with E-state index in [1.165, 1.54) is 6.92 Å². The highest BCUT2D eigenvalue weighted by atomic mass is 16.6. The predicted molar refractivity (Wildman–Crippen MR) is 69.6 cm³/mol. The molecule has 0 aromatic heterocycles. The highest BCUT2D eigenvalue weighted by Gasteiger charge is 2.25. The lowest BCUT2D eigenvalue weighted by Crippen LogP contribution is -2.08. The fourth-order valence-electron chi connectivity index (χ4n) is 1.27. The second-order valence-corrected chi connectivity index (χ2v) is 4.26. The lowest BCUT2D eigenvalue weighted by Gasteiger charge is -2.02. The Bertz CT molecular complexity index is 416. The molecule has 0 aromatic carbocycles. The third-order valence-corrected chi connectivity index (χ3v) is 2.54. The van der Waals surface area contributed by atoms with E-state index in [2.05, 4.69) is 6.58 Å². The Kier molecular flexibility index (Phi) is 6.02. The van der Waals surface area contributed by atoms with Crippen LogP contribution in [0.5, 0.6) is 0 Å². The molecular formula is C14H18O5. The van der Waals surface area contributed by atoms with E-state index in [4.69, 9.17) is 14.6 Å². The van der Waals surface area contributed by atoms with Crippen molar-refractivity contribution in [2.24, 2.45) is 0 Å². The zero-order valence-corrected chi connectivity index (χ0v) is 10.9. The standard InChI is InChI=1S/C14H18O5/c1-10(13(15)16)6-4-3-5-7-18-14(17)11(2)8-12-9-19-12/h3,5-6,12H,2,4,7-9H2,1H3,(H,15,16). The Hall–Kier alpha value is -1.88. The highest BCUT2D eigenvalue weighted by molar-refractivity contribution is 5.87. The second kappa shape index (κ2) is 7.53. The molecule has 0 aromatic rings. The van der Waals surface area contributed by atoms with Gasteiger partial charge in [-0.25, -0.2) is 9.59 Å². The maximum absolute atomic E-state index is 11.4. The van der Waals surface area contributed by atoms with Gasteiger partial charge >= 0.3 is 11.9 Å². The molecule has 1 atom stereocenters. The molecule has 1 unspecified atom stereocenters. The van der Waals surface area contributed by atoms with Gasteiger partial charge in [0, 0.05) is 17.6 Å². The monoisotopic (exact) mass is 266 g/mol. The summed E-state index contributed by atoms with van der Waals surface area (Å²) in [6, 6.07) is 0. The van der Waals surface area contributed by atoms with Crippen LogP contribution in [0.15, 0.2) is 36.0 Å². The van der Waals surface area contributed by atoms with Gasteiger partial charge in [0.05, 0.1) is 12.7 Å². The predicted octanol–water partition coefficient (Wildman–Crippen LogP) is 1.85. The number of carboxylic acids is 1. The van der Waals surface area contributed by atoms with E-state index in [9.17, 15) is 9.59 Å². The average molecular weight is 266 g/mol. The summed E-state index contributed by atoms with van der Waals surface area (Å²) in [6.45, 7) is 6.01. The lowest BCUT2D eigenvalue weighted by molar-refractivity contribution is -0.138. The van der Waals surface area contributed by atoms with E-state index in [1.807, 2.05) is 0 Å². The van der Waals surface area contributed by atoms with Gasteiger partial charge in [0.25, 0.3) is 0 Å². The minimum atomic E-state index is -0.932. The van der Waals surface area contributed by atoms with Crippen LogP contribution in [0.2, 0.25) is 0 Å². The van der Waals surface area contributed by atoms with Crippen molar-refractivity contribution in [3.8, 4) is 0 Å². The van der Waals surface area contributed by atoms with Crippen molar-refractivity contribution in [1.82, 2.24) is 0 Å². The Morgan fingerprint density at radius 3 is 2.74 bits per heavy atom. The number of allylic oxidation sites excluding steroid dienone is 2. The first-order chi connectivity index (χ1) is 9.00. The van der Waals surface area contributed by atoms with E-state index in [-0.39, 0.29) is 12.7 Å². The van der Waals surface area contributed by atoms with Gasteiger partial charge in [-0.15, -0.1) is 0 Å². The molecule has 1 aliphatic rings. The van der Waals surface area contributed by atoms with E-state index >= 15 is 0 Å². The summed E-state index contributed by atoms with van der Waals surface area (Å²) in [7, 11) is 0. The Morgan fingerprint density at radius 1 is 1.47 bits per heavy atom. The van der Waals surface area contributed by atoms with Gasteiger partial charge in [-0.05, 0) is 13.3 Å². The second-order valence-electron chi connectivity index (χ2n) is 4.26. The number of carbonyl (C=O) groups excluding carboxylic acids is 1. The molecule has 1 fully saturated rings. The summed E-state index contributed by atoms with van der Waals surface area (Å²) in [4.78, 5) is 21.9.